The largest absolute Gasteiger partial charge is 0.481 e. The summed E-state index contributed by atoms with van der Waals surface area (Å²) in [6, 6.07) is 8.49. The van der Waals surface area contributed by atoms with E-state index in [2.05, 4.69) is 18.8 Å². The van der Waals surface area contributed by atoms with Crippen molar-refractivity contribution in [1.82, 2.24) is 9.97 Å². The van der Waals surface area contributed by atoms with Gasteiger partial charge in [-0.2, -0.15) is 0 Å². The molecule has 4 nitrogen and oxygen atoms in total. The van der Waals surface area contributed by atoms with E-state index in [0.29, 0.717) is 5.88 Å². The van der Waals surface area contributed by atoms with Gasteiger partial charge in [-0.25, -0.2) is 9.37 Å². The van der Waals surface area contributed by atoms with E-state index in [-0.39, 0.29) is 18.3 Å². The molecular formula is C24H25FN2O2. The lowest BCUT2D eigenvalue weighted by Gasteiger charge is -2.22. The van der Waals surface area contributed by atoms with Crippen molar-refractivity contribution in [2.75, 3.05) is 7.11 Å². The van der Waals surface area contributed by atoms with Crippen molar-refractivity contribution in [2.45, 2.75) is 45.6 Å². The van der Waals surface area contributed by atoms with E-state index >= 15 is 0 Å². The van der Waals surface area contributed by atoms with Gasteiger partial charge in [0.25, 0.3) is 0 Å². The van der Waals surface area contributed by atoms with Crippen LogP contribution in [0, 0.1) is 5.82 Å². The van der Waals surface area contributed by atoms with Crippen molar-refractivity contribution in [3.8, 4) is 28.3 Å². The van der Waals surface area contributed by atoms with Crippen LogP contribution in [0.4, 0.5) is 4.39 Å². The third-order valence-corrected chi connectivity index (χ3v) is 5.57. The van der Waals surface area contributed by atoms with Crippen molar-refractivity contribution < 1.29 is 14.2 Å². The number of pyridine rings is 2. The molecule has 29 heavy (non-hydrogen) atoms. The smallest absolute Gasteiger partial charge is 0.213 e. The van der Waals surface area contributed by atoms with Crippen LogP contribution in [0.3, 0.4) is 0 Å². The molecule has 0 radical (unpaired) electrons. The van der Waals surface area contributed by atoms with Gasteiger partial charge in [0, 0.05) is 29.1 Å². The maximum Gasteiger partial charge on any atom is 0.213 e. The summed E-state index contributed by atoms with van der Waals surface area (Å²) in [7, 11) is 1.62. The lowest BCUT2D eigenvalue weighted by Crippen LogP contribution is -2.09. The second-order valence-electron chi connectivity index (χ2n) is 7.73. The van der Waals surface area contributed by atoms with Crippen LogP contribution in [0.1, 0.15) is 48.6 Å². The molecule has 2 heterocycles. The zero-order valence-electron chi connectivity index (χ0n) is 17.0. The predicted molar refractivity (Wildman–Crippen MR) is 111 cm³/mol. The van der Waals surface area contributed by atoms with Crippen molar-refractivity contribution >= 4 is 0 Å². The van der Waals surface area contributed by atoms with Gasteiger partial charge in [0.1, 0.15) is 5.82 Å². The molecule has 0 amide bonds. The number of aryl methyl sites for hydroxylation is 1. The first kappa shape index (κ1) is 19.5. The molecule has 0 unspecified atom stereocenters. The zero-order chi connectivity index (χ0) is 20.5. The minimum atomic E-state index is -0.273. The fraction of sp³-hybridized carbons (Fsp3) is 0.333. The number of aliphatic hydroxyl groups is 1. The van der Waals surface area contributed by atoms with Gasteiger partial charge in [-0.3, -0.25) is 4.98 Å². The molecule has 3 aromatic rings. The van der Waals surface area contributed by atoms with E-state index in [0.717, 1.165) is 58.5 Å². The molecular weight excluding hydrogens is 367 g/mol. The van der Waals surface area contributed by atoms with Crippen LogP contribution in [0.5, 0.6) is 5.88 Å². The number of fused-ring (bicyclic) bond motifs is 3. The second-order valence-corrected chi connectivity index (χ2v) is 7.73. The molecule has 2 aromatic heterocycles. The quantitative estimate of drug-likeness (QED) is 0.674. The Morgan fingerprint density at radius 3 is 2.59 bits per heavy atom. The average molecular weight is 392 g/mol. The van der Waals surface area contributed by atoms with Gasteiger partial charge in [-0.15, -0.1) is 0 Å². The first-order valence-electron chi connectivity index (χ1n) is 9.99. The Hall–Kier alpha value is -2.79. The van der Waals surface area contributed by atoms with Gasteiger partial charge in [-0.05, 0) is 59.6 Å². The van der Waals surface area contributed by atoms with E-state index in [1.807, 2.05) is 12.3 Å². The number of ether oxygens (including phenoxy) is 1. The van der Waals surface area contributed by atoms with Gasteiger partial charge in [0.15, 0.2) is 0 Å². The number of aliphatic hydroxyl groups excluding tert-OH is 1. The summed E-state index contributed by atoms with van der Waals surface area (Å²) in [5.41, 5.74) is 7.76. The monoisotopic (exact) mass is 392 g/mol. The number of halogens is 1. The minimum Gasteiger partial charge on any atom is -0.481 e. The lowest BCUT2D eigenvalue weighted by atomic mass is 9.87. The van der Waals surface area contributed by atoms with Crippen LogP contribution >= 0.6 is 0 Å². The highest BCUT2D eigenvalue weighted by Gasteiger charge is 2.26. The molecule has 1 aliphatic rings. The van der Waals surface area contributed by atoms with Gasteiger partial charge < -0.3 is 9.84 Å². The van der Waals surface area contributed by atoms with Gasteiger partial charge >= 0.3 is 0 Å². The SMILES string of the molecule is COc1cc2c(cn1)-c1nc(C(C)C)c(CO)c(-c3ccc(F)cc3)c1CCC2. The minimum absolute atomic E-state index is 0.103. The van der Waals surface area contributed by atoms with E-state index < -0.39 is 0 Å². The highest BCUT2D eigenvalue weighted by atomic mass is 19.1. The summed E-state index contributed by atoms with van der Waals surface area (Å²) in [5, 5.41) is 10.3. The van der Waals surface area contributed by atoms with Gasteiger partial charge in [-0.1, -0.05) is 26.0 Å². The van der Waals surface area contributed by atoms with Gasteiger partial charge in [0.05, 0.1) is 19.4 Å². The van der Waals surface area contributed by atoms with E-state index in [4.69, 9.17) is 9.72 Å². The number of hydrogen-bond acceptors (Lipinski definition) is 4. The Labute approximate surface area is 170 Å². The lowest BCUT2D eigenvalue weighted by molar-refractivity contribution is 0.280. The molecule has 1 N–H and O–H groups in total. The van der Waals surface area contributed by atoms with Crippen LogP contribution < -0.4 is 4.74 Å². The zero-order valence-corrected chi connectivity index (χ0v) is 17.0. The Bertz CT molecular complexity index is 1050. The van der Waals surface area contributed by atoms with Crippen molar-refractivity contribution in [3.05, 3.63) is 64.7 Å². The normalized spacial score (nSPS) is 13.0. The molecule has 0 fully saturated rings. The Morgan fingerprint density at radius 1 is 1.17 bits per heavy atom. The third kappa shape index (κ3) is 3.51. The van der Waals surface area contributed by atoms with Gasteiger partial charge in [0.2, 0.25) is 5.88 Å². The summed E-state index contributed by atoms with van der Waals surface area (Å²) in [5.74, 6) is 0.465. The maximum absolute atomic E-state index is 13.6. The molecule has 0 saturated heterocycles. The highest BCUT2D eigenvalue weighted by molar-refractivity contribution is 5.81. The maximum atomic E-state index is 13.6. The van der Waals surface area contributed by atoms with Crippen molar-refractivity contribution in [3.63, 3.8) is 0 Å². The number of methoxy groups -OCH3 is 1. The number of rotatable bonds is 4. The van der Waals surface area contributed by atoms with Crippen LogP contribution in [0.2, 0.25) is 0 Å². The molecule has 5 heteroatoms. The molecule has 1 aliphatic carbocycles. The average Bonchev–Trinajstić information content (AvgIpc) is 2.91. The first-order valence-corrected chi connectivity index (χ1v) is 9.99. The third-order valence-electron chi connectivity index (χ3n) is 5.57. The molecule has 0 atom stereocenters. The van der Waals surface area contributed by atoms with Crippen LogP contribution in [0.15, 0.2) is 36.5 Å². The number of hydrogen-bond donors (Lipinski definition) is 1. The number of nitrogens with zero attached hydrogens (tertiary/aromatic N) is 2. The number of benzene rings is 1. The van der Waals surface area contributed by atoms with E-state index in [1.165, 1.54) is 17.7 Å². The molecule has 1 aromatic carbocycles. The highest BCUT2D eigenvalue weighted by Crippen LogP contribution is 2.41. The van der Waals surface area contributed by atoms with Crippen LogP contribution in [0.25, 0.3) is 22.4 Å². The van der Waals surface area contributed by atoms with Crippen molar-refractivity contribution in [2.24, 2.45) is 0 Å². The summed E-state index contributed by atoms with van der Waals surface area (Å²) < 4.78 is 18.9. The molecule has 0 spiro atoms. The molecule has 4 rings (SSSR count). The Morgan fingerprint density at radius 2 is 1.93 bits per heavy atom. The summed E-state index contributed by atoms with van der Waals surface area (Å²) >= 11 is 0. The van der Waals surface area contributed by atoms with Crippen LogP contribution in [-0.2, 0) is 19.4 Å². The fourth-order valence-corrected chi connectivity index (χ4v) is 4.22. The van der Waals surface area contributed by atoms with E-state index in [1.54, 1.807) is 19.2 Å². The second kappa shape index (κ2) is 7.91. The molecule has 0 saturated carbocycles. The Kier molecular flexibility index (Phi) is 5.33. The predicted octanol–water partition coefficient (Wildman–Crippen LogP) is 5.06. The molecule has 0 aliphatic heterocycles. The molecule has 150 valence electrons. The summed E-state index contributed by atoms with van der Waals surface area (Å²) in [4.78, 5) is 9.45. The summed E-state index contributed by atoms with van der Waals surface area (Å²) in [6.45, 7) is 4.05. The first-order chi connectivity index (χ1) is 14.0. The fourth-order valence-electron chi connectivity index (χ4n) is 4.22. The standard InChI is InChI=1S/C24H25FN2O2/c1-14(2)23-20(13-28)22(15-7-9-17(25)10-8-15)18-6-4-5-16-11-21(29-3)26-12-19(16)24(18)27-23/h7-12,14,28H,4-6,13H2,1-3H3. The number of aromatic nitrogens is 2. The molecule has 0 bridgehead atoms. The van der Waals surface area contributed by atoms with Crippen molar-refractivity contribution in [1.29, 1.82) is 0 Å². The summed E-state index contributed by atoms with van der Waals surface area (Å²) in [6.07, 6.45) is 4.52. The Balaban J connectivity index is 2.05. The van der Waals surface area contributed by atoms with E-state index in [9.17, 15) is 9.50 Å². The topological polar surface area (TPSA) is 55.2 Å². The van der Waals surface area contributed by atoms with Crippen LogP contribution in [-0.4, -0.2) is 22.2 Å².